The Hall–Kier alpha value is -1.22. The number of rotatable bonds is 6. The zero-order chi connectivity index (χ0) is 12.8. The Bertz CT molecular complexity index is 340. The Morgan fingerprint density at radius 2 is 1.82 bits per heavy atom. The molecule has 0 aliphatic heterocycles. The number of methoxy groups -OCH3 is 1. The average Bonchev–Trinajstić information content (AvgIpc) is 2.28. The highest BCUT2D eigenvalue weighted by atomic mass is 16.5. The lowest BCUT2D eigenvalue weighted by atomic mass is 10.1. The molecule has 1 aromatic rings. The summed E-state index contributed by atoms with van der Waals surface area (Å²) in [6, 6.07) is 4.36. The highest BCUT2D eigenvalue weighted by molar-refractivity contribution is 5.56. The Morgan fingerprint density at radius 3 is 2.29 bits per heavy atom. The van der Waals surface area contributed by atoms with Crippen LogP contribution in [0.25, 0.3) is 0 Å². The lowest BCUT2D eigenvalue weighted by Gasteiger charge is -2.21. The van der Waals surface area contributed by atoms with E-state index in [1.54, 1.807) is 7.11 Å². The topological polar surface area (TPSA) is 24.5 Å². The summed E-state index contributed by atoms with van der Waals surface area (Å²) in [6.45, 7) is 9.35. The smallest absolute Gasteiger partial charge is 0.124 e. The number of nitrogens with zero attached hydrogens (tertiary/aromatic N) is 1. The number of benzene rings is 1. The predicted molar refractivity (Wildman–Crippen MR) is 74.3 cm³/mol. The van der Waals surface area contributed by atoms with Gasteiger partial charge in [0.25, 0.3) is 0 Å². The average molecular weight is 236 g/mol. The highest BCUT2D eigenvalue weighted by Gasteiger charge is 2.07. The summed E-state index contributed by atoms with van der Waals surface area (Å²) >= 11 is 0. The molecule has 1 aromatic carbocycles. The zero-order valence-corrected chi connectivity index (χ0v) is 11.6. The van der Waals surface area contributed by atoms with Gasteiger partial charge in [-0.2, -0.15) is 0 Å². The maximum atomic E-state index is 5.38. The fourth-order valence-electron chi connectivity index (χ4n) is 2.02. The third-order valence-electron chi connectivity index (χ3n) is 2.96. The van der Waals surface area contributed by atoms with Gasteiger partial charge in [0.2, 0.25) is 0 Å². The van der Waals surface area contributed by atoms with Crippen molar-refractivity contribution < 1.29 is 4.74 Å². The second kappa shape index (κ2) is 6.50. The minimum absolute atomic E-state index is 0.994. The molecule has 0 fully saturated rings. The normalized spacial score (nSPS) is 10.4. The maximum absolute atomic E-state index is 5.38. The van der Waals surface area contributed by atoms with Gasteiger partial charge in [-0.25, -0.2) is 0 Å². The van der Waals surface area contributed by atoms with E-state index in [1.807, 2.05) is 0 Å². The van der Waals surface area contributed by atoms with E-state index in [0.717, 1.165) is 25.4 Å². The van der Waals surface area contributed by atoms with Crippen LogP contribution in [-0.2, 0) is 0 Å². The van der Waals surface area contributed by atoms with E-state index in [9.17, 15) is 0 Å². The lowest BCUT2D eigenvalue weighted by Crippen LogP contribution is -2.29. The van der Waals surface area contributed by atoms with Gasteiger partial charge >= 0.3 is 0 Å². The Balaban J connectivity index is 2.77. The van der Waals surface area contributed by atoms with Crippen LogP contribution in [0.3, 0.4) is 0 Å². The van der Waals surface area contributed by atoms with Crippen molar-refractivity contribution in [2.45, 2.75) is 20.8 Å². The lowest BCUT2D eigenvalue weighted by molar-refractivity contribution is 0.408. The van der Waals surface area contributed by atoms with Crippen molar-refractivity contribution >= 4 is 5.69 Å². The number of anilines is 1. The fourth-order valence-corrected chi connectivity index (χ4v) is 2.02. The first-order valence-electron chi connectivity index (χ1n) is 6.17. The number of likely N-dealkylation sites (N-methyl/N-ethyl adjacent to an activating group) is 2. The first-order valence-corrected chi connectivity index (χ1v) is 6.17. The molecule has 0 spiro atoms. The summed E-state index contributed by atoms with van der Waals surface area (Å²) in [5.41, 5.74) is 3.63. The van der Waals surface area contributed by atoms with E-state index < -0.39 is 0 Å². The molecular weight excluding hydrogens is 212 g/mol. The number of hydrogen-bond acceptors (Lipinski definition) is 3. The van der Waals surface area contributed by atoms with E-state index in [4.69, 9.17) is 4.74 Å². The third-order valence-corrected chi connectivity index (χ3v) is 2.96. The van der Waals surface area contributed by atoms with Gasteiger partial charge in [0.15, 0.2) is 0 Å². The van der Waals surface area contributed by atoms with Crippen molar-refractivity contribution in [2.75, 3.05) is 38.7 Å². The molecule has 0 unspecified atom stereocenters. The second-order valence-electron chi connectivity index (χ2n) is 4.39. The molecule has 0 aliphatic carbocycles. The molecule has 96 valence electrons. The van der Waals surface area contributed by atoms with Crippen LogP contribution in [0.1, 0.15) is 18.1 Å². The Labute approximate surface area is 105 Å². The molecule has 1 rings (SSSR count). The standard InChI is InChI=1S/C14H24N2O/c1-6-15-7-8-16(4)13-9-11(2)14(17-5)12(3)10-13/h9-10,15H,6-8H2,1-5H3. The third kappa shape index (κ3) is 3.63. The van der Waals surface area contributed by atoms with Gasteiger partial charge < -0.3 is 15.0 Å². The first-order chi connectivity index (χ1) is 8.10. The first kappa shape index (κ1) is 13.8. The van der Waals surface area contributed by atoms with E-state index in [1.165, 1.54) is 16.8 Å². The van der Waals surface area contributed by atoms with E-state index >= 15 is 0 Å². The van der Waals surface area contributed by atoms with E-state index in [2.05, 4.69) is 50.2 Å². The van der Waals surface area contributed by atoms with Crippen molar-refractivity contribution in [1.82, 2.24) is 5.32 Å². The number of hydrogen-bond donors (Lipinski definition) is 1. The summed E-state index contributed by atoms with van der Waals surface area (Å²) in [5, 5.41) is 3.33. The Kier molecular flexibility index (Phi) is 5.29. The van der Waals surface area contributed by atoms with Crippen LogP contribution in [0.15, 0.2) is 12.1 Å². The molecule has 0 saturated carbocycles. The van der Waals surface area contributed by atoms with Crippen LogP contribution in [0.5, 0.6) is 5.75 Å². The quantitative estimate of drug-likeness (QED) is 0.767. The van der Waals surface area contributed by atoms with Gasteiger partial charge in [0.05, 0.1) is 7.11 Å². The number of aryl methyl sites for hydroxylation is 2. The van der Waals surface area contributed by atoms with Gasteiger partial charge in [0.1, 0.15) is 5.75 Å². The number of ether oxygens (including phenoxy) is 1. The van der Waals surface area contributed by atoms with Crippen LogP contribution >= 0.6 is 0 Å². The molecule has 0 bridgehead atoms. The zero-order valence-electron chi connectivity index (χ0n) is 11.6. The molecule has 0 aromatic heterocycles. The van der Waals surface area contributed by atoms with Crippen molar-refractivity contribution in [2.24, 2.45) is 0 Å². The van der Waals surface area contributed by atoms with Crippen molar-refractivity contribution in [3.63, 3.8) is 0 Å². The molecule has 17 heavy (non-hydrogen) atoms. The second-order valence-corrected chi connectivity index (χ2v) is 4.39. The molecule has 0 radical (unpaired) electrons. The van der Waals surface area contributed by atoms with Crippen LogP contribution in [0.4, 0.5) is 5.69 Å². The van der Waals surface area contributed by atoms with Gasteiger partial charge in [0, 0.05) is 25.8 Å². The minimum Gasteiger partial charge on any atom is -0.496 e. The molecule has 3 nitrogen and oxygen atoms in total. The molecule has 0 atom stereocenters. The molecule has 3 heteroatoms. The van der Waals surface area contributed by atoms with E-state index in [0.29, 0.717) is 0 Å². The van der Waals surface area contributed by atoms with Gasteiger partial charge in [-0.1, -0.05) is 6.92 Å². The van der Waals surface area contributed by atoms with Gasteiger partial charge in [-0.15, -0.1) is 0 Å². The summed E-state index contributed by atoms with van der Waals surface area (Å²) in [7, 11) is 3.85. The van der Waals surface area contributed by atoms with E-state index in [-0.39, 0.29) is 0 Å². The van der Waals surface area contributed by atoms with Crippen molar-refractivity contribution in [3.8, 4) is 5.75 Å². The van der Waals surface area contributed by atoms with Gasteiger partial charge in [-0.05, 0) is 43.7 Å². The highest BCUT2D eigenvalue weighted by Crippen LogP contribution is 2.28. The SMILES string of the molecule is CCNCCN(C)c1cc(C)c(OC)c(C)c1. The van der Waals surface area contributed by atoms with Gasteiger partial charge in [-0.3, -0.25) is 0 Å². The number of nitrogens with one attached hydrogen (secondary N) is 1. The fraction of sp³-hybridized carbons (Fsp3) is 0.571. The summed E-state index contributed by atoms with van der Waals surface area (Å²) in [5.74, 6) is 0.994. The largest absolute Gasteiger partial charge is 0.496 e. The summed E-state index contributed by atoms with van der Waals surface area (Å²) in [4.78, 5) is 2.27. The molecule has 0 amide bonds. The monoisotopic (exact) mass is 236 g/mol. The predicted octanol–water partition coefficient (Wildman–Crippen LogP) is 2.36. The Morgan fingerprint density at radius 1 is 1.24 bits per heavy atom. The molecule has 0 saturated heterocycles. The molecule has 0 heterocycles. The molecule has 0 aliphatic rings. The van der Waals surface area contributed by atoms with Crippen LogP contribution < -0.4 is 15.0 Å². The van der Waals surface area contributed by atoms with Crippen molar-refractivity contribution in [1.29, 1.82) is 0 Å². The van der Waals surface area contributed by atoms with Crippen LogP contribution in [-0.4, -0.2) is 33.8 Å². The van der Waals surface area contributed by atoms with Crippen molar-refractivity contribution in [3.05, 3.63) is 23.3 Å². The maximum Gasteiger partial charge on any atom is 0.124 e. The molecule has 1 N–H and O–H groups in total. The van der Waals surface area contributed by atoms with Crippen LogP contribution in [0, 0.1) is 13.8 Å². The summed E-state index contributed by atoms with van der Waals surface area (Å²) < 4.78 is 5.38. The van der Waals surface area contributed by atoms with Crippen LogP contribution in [0.2, 0.25) is 0 Å². The molecular formula is C14H24N2O. The summed E-state index contributed by atoms with van der Waals surface area (Å²) in [6.07, 6.45) is 0. The minimum atomic E-state index is 0.994.